The van der Waals surface area contributed by atoms with E-state index in [-0.39, 0.29) is 17.9 Å². The van der Waals surface area contributed by atoms with Gasteiger partial charge in [0.25, 0.3) is 10.0 Å². The average Bonchev–Trinajstić information content (AvgIpc) is 2.80. The molecule has 0 spiro atoms. The number of nitrogens with one attached hydrogen (secondary N) is 1. The number of methoxy groups -OCH3 is 1. The molecule has 0 aliphatic rings. The molecule has 1 heterocycles. The van der Waals surface area contributed by atoms with Gasteiger partial charge < -0.3 is 9.84 Å². The number of aromatic nitrogens is 2. The third-order valence-electron chi connectivity index (χ3n) is 2.51. The van der Waals surface area contributed by atoms with Crippen LogP contribution in [-0.4, -0.2) is 48.4 Å². The fourth-order valence-electron chi connectivity index (χ4n) is 1.47. The summed E-state index contributed by atoms with van der Waals surface area (Å²) in [7, 11) is -1.45. The number of hydrogen-bond acceptors (Lipinski definition) is 6. The number of rotatable bonds is 7. The number of ether oxygens (including phenoxy) is 1. The minimum Gasteiger partial charge on any atom is -0.480 e. The van der Waals surface area contributed by atoms with Gasteiger partial charge in [-0.15, -0.1) is 0 Å². The Hall–Kier alpha value is -1.94. The molecule has 10 heteroatoms. The van der Waals surface area contributed by atoms with Crippen LogP contribution in [0.2, 0.25) is 0 Å². The van der Waals surface area contributed by atoms with Crippen LogP contribution in [0, 0.1) is 0 Å². The molecule has 9 nitrogen and oxygen atoms in total. The van der Waals surface area contributed by atoms with Gasteiger partial charge in [0.15, 0.2) is 5.03 Å². The predicted molar refractivity (Wildman–Crippen MR) is 66.2 cm³/mol. The summed E-state index contributed by atoms with van der Waals surface area (Å²) in [5.74, 6) is -1.99. The lowest BCUT2D eigenvalue weighted by atomic mass is 10.2. The van der Waals surface area contributed by atoms with E-state index < -0.39 is 28.0 Å². The first-order valence-corrected chi connectivity index (χ1v) is 7.06. The first-order chi connectivity index (χ1) is 9.27. The first-order valence-electron chi connectivity index (χ1n) is 5.58. The molecule has 0 aliphatic heterocycles. The topological polar surface area (TPSA) is 128 Å². The number of carbonyl (C=O) groups excluding carboxylic acids is 1. The van der Waals surface area contributed by atoms with E-state index in [9.17, 15) is 18.0 Å². The molecule has 20 heavy (non-hydrogen) atoms. The second-order valence-electron chi connectivity index (χ2n) is 3.92. The van der Waals surface area contributed by atoms with E-state index in [2.05, 4.69) is 9.84 Å². The fourth-order valence-corrected chi connectivity index (χ4v) is 2.82. The highest BCUT2D eigenvalue weighted by Crippen LogP contribution is 2.09. The minimum absolute atomic E-state index is 0.165. The van der Waals surface area contributed by atoms with Crippen molar-refractivity contribution in [1.29, 1.82) is 0 Å². The minimum atomic E-state index is -4.03. The fraction of sp³-hybridized carbons (Fsp3) is 0.500. The number of carbonyl (C=O) groups is 2. The lowest BCUT2D eigenvalue weighted by Crippen LogP contribution is -2.41. The maximum absolute atomic E-state index is 12.0. The summed E-state index contributed by atoms with van der Waals surface area (Å²) in [5.41, 5.74) is 0. The van der Waals surface area contributed by atoms with Crippen LogP contribution >= 0.6 is 0 Å². The Morgan fingerprint density at radius 3 is 2.65 bits per heavy atom. The Kier molecular flexibility index (Phi) is 5.22. The summed E-state index contributed by atoms with van der Waals surface area (Å²) in [6.45, 7) is 0. The van der Waals surface area contributed by atoms with Crippen molar-refractivity contribution < 1.29 is 27.9 Å². The Bertz CT molecular complexity index is 594. The van der Waals surface area contributed by atoms with Gasteiger partial charge >= 0.3 is 11.9 Å². The van der Waals surface area contributed by atoms with Crippen LogP contribution < -0.4 is 4.72 Å². The van der Waals surface area contributed by atoms with Gasteiger partial charge in [-0.2, -0.15) is 9.82 Å². The van der Waals surface area contributed by atoms with Gasteiger partial charge in [-0.3, -0.25) is 14.3 Å². The van der Waals surface area contributed by atoms with E-state index in [1.807, 2.05) is 4.72 Å². The third-order valence-corrected chi connectivity index (χ3v) is 4.06. The van der Waals surface area contributed by atoms with Gasteiger partial charge in [0.2, 0.25) is 0 Å². The van der Waals surface area contributed by atoms with Crippen molar-refractivity contribution in [2.45, 2.75) is 23.9 Å². The van der Waals surface area contributed by atoms with Gasteiger partial charge in [-0.25, -0.2) is 8.42 Å². The first kappa shape index (κ1) is 16.1. The zero-order valence-corrected chi connectivity index (χ0v) is 11.8. The zero-order chi connectivity index (χ0) is 15.3. The van der Waals surface area contributed by atoms with Gasteiger partial charge in [-0.05, 0) is 12.5 Å². The molecule has 0 saturated carbocycles. The summed E-state index contributed by atoms with van der Waals surface area (Å²) in [6.07, 6.45) is 0.860. The lowest BCUT2D eigenvalue weighted by molar-refractivity contribution is -0.142. The molecule has 1 unspecified atom stereocenters. The van der Waals surface area contributed by atoms with Crippen LogP contribution in [0.3, 0.4) is 0 Å². The molecule has 1 rings (SSSR count). The highest BCUT2D eigenvalue weighted by molar-refractivity contribution is 7.89. The number of nitrogens with zero attached hydrogens (tertiary/aromatic N) is 2. The number of sulfonamides is 1. The summed E-state index contributed by atoms with van der Waals surface area (Å²) in [5, 5.41) is 12.5. The van der Waals surface area contributed by atoms with Crippen molar-refractivity contribution in [2.75, 3.05) is 7.11 Å². The maximum atomic E-state index is 12.0. The normalized spacial score (nSPS) is 12.9. The van der Waals surface area contributed by atoms with Gasteiger partial charge in [0.1, 0.15) is 6.04 Å². The van der Waals surface area contributed by atoms with Crippen LogP contribution in [0.4, 0.5) is 0 Å². The number of aryl methyl sites for hydroxylation is 1. The summed E-state index contributed by atoms with van der Waals surface area (Å²) in [4.78, 5) is 22.0. The molecule has 0 bridgehead atoms. The van der Waals surface area contributed by atoms with Crippen LogP contribution in [-0.2, 0) is 31.4 Å². The molecule has 0 aromatic carbocycles. The van der Waals surface area contributed by atoms with E-state index in [4.69, 9.17) is 5.11 Å². The Balaban J connectivity index is 2.83. The summed E-state index contributed by atoms with van der Waals surface area (Å²) in [6, 6.07) is -0.185. The molecule has 112 valence electrons. The van der Waals surface area contributed by atoms with E-state index in [1.54, 1.807) is 0 Å². The molecule has 0 radical (unpaired) electrons. The molecule has 0 fully saturated rings. The Labute approximate surface area is 115 Å². The van der Waals surface area contributed by atoms with Gasteiger partial charge in [-0.1, -0.05) is 0 Å². The second kappa shape index (κ2) is 6.48. The molecule has 1 atom stereocenters. The van der Waals surface area contributed by atoms with Crippen molar-refractivity contribution in [1.82, 2.24) is 14.5 Å². The predicted octanol–water partition coefficient (Wildman–Crippen LogP) is -0.895. The number of esters is 1. The second-order valence-corrected chi connectivity index (χ2v) is 5.58. The van der Waals surface area contributed by atoms with Crippen molar-refractivity contribution >= 4 is 22.0 Å². The van der Waals surface area contributed by atoms with E-state index in [1.165, 1.54) is 19.3 Å². The quantitative estimate of drug-likeness (QED) is 0.625. The van der Waals surface area contributed by atoms with Gasteiger partial charge in [0, 0.05) is 13.5 Å². The largest absolute Gasteiger partial charge is 0.480 e. The molecular formula is C10H15N3O6S. The van der Waals surface area contributed by atoms with E-state index in [0.29, 0.717) is 0 Å². The van der Waals surface area contributed by atoms with Crippen LogP contribution in [0.15, 0.2) is 17.3 Å². The van der Waals surface area contributed by atoms with Crippen molar-refractivity contribution in [3.05, 3.63) is 12.3 Å². The lowest BCUT2D eigenvalue weighted by Gasteiger charge is -2.14. The highest BCUT2D eigenvalue weighted by Gasteiger charge is 2.27. The molecule has 2 N–H and O–H groups in total. The molecule has 0 aliphatic carbocycles. The summed E-state index contributed by atoms with van der Waals surface area (Å²) < 4.78 is 31.5. The number of aliphatic carboxylic acids is 1. The third kappa shape index (κ3) is 4.03. The standard InChI is InChI=1S/C10H15N3O6S/c1-13-8(5-6-11-13)20(17,18)12-7(10(15)16)3-4-9(14)19-2/h5-7,12H,3-4H2,1-2H3,(H,15,16). The van der Waals surface area contributed by atoms with E-state index in [0.717, 1.165) is 11.8 Å². The molecular weight excluding hydrogens is 290 g/mol. The van der Waals surface area contributed by atoms with Crippen LogP contribution in [0.5, 0.6) is 0 Å². The SMILES string of the molecule is COC(=O)CCC(NS(=O)(=O)c1ccnn1C)C(=O)O. The van der Waals surface area contributed by atoms with Crippen molar-refractivity contribution in [3.63, 3.8) is 0 Å². The number of carboxylic acid groups (broad SMARTS) is 1. The average molecular weight is 305 g/mol. The molecule has 1 aromatic rings. The molecule has 0 amide bonds. The van der Waals surface area contributed by atoms with Crippen molar-refractivity contribution in [3.8, 4) is 0 Å². The highest BCUT2D eigenvalue weighted by atomic mass is 32.2. The smallest absolute Gasteiger partial charge is 0.321 e. The monoisotopic (exact) mass is 305 g/mol. The molecule has 1 aromatic heterocycles. The van der Waals surface area contributed by atoms with Crippen LogP contribution in [0.1, 0.15) is 12.8 Å². The van der Waals surface area contributed by atoms with Crippen LogP contribution in [0.25, 0.3) is 0 Å². The number of hydrogen-bond donors (Lipinski definition) is 2. The summed E-state index contributed by atoms with van der Waals surface area (Å²) >= 11 is 0. The molecule has 0 saturated heterocycles. The Morgan fingerprint density at radius 2 is 2.20 bits per heavy atom. The van der Waals surface area contributed by atoms with E-state index >= 15 is 0 Å². The number of carboxylic acids is 1. The zero-order valence-electron chi connectivity index (χ0n) is 10.9. The van der Waals surface area contributed by atoms with Crippen molar-refractivity contribution in [2.24, 2.45) is 7.05 Å². The van der Waals surface area contributed by atoms with Gasteiger partial charge in [0.05, 0.1) is 13.3 Å². The maximum Gasteiger partial charge on any atom is 0.321 e. The Morgan fingerprint density at radius 1 is 1.55 bits per heavy atom.